The van der Waals surface area contributed by atoms with Crippen LogP contribution in [0.5, 0.6) is 0 Å². The maximum Gasteiger partial charge on any atom is 0.307 e. The second-order valence-electron chi connectivity index (χ2n) is 2.77. The monoisotopic (exact) mass is 262 g/mol. The Balaban J connectivity index is 3.12. The first kappa shape index (κ1) is 10.5. The first-order valence-electron chi connectivity index (χ1n) is 3.67. The average molecular weight is 264 g/mol. The van der Waals surface area contributed by atoms with Crippen molar-refractivity contribution in [2.45, 2.75) is 13.3 Å². The highest BCUT2D eigenvalue weighted by molar-refractivity contribution is 9.10. The van der Waals surface area contributed by atoms with E-state index in [1.54, 1.807) is 6.07 Å². The van der Waals surface area contributed by atoms with Crippen LogP contribution < -0.4 is 0 Å². The van der Waals surface area contributed by atoms with Crippen molar-refractivity contribution in [1.29, 1.82) is 0 Å². The van der Waals surface area contributed by atoms with E-state index in [0.717, 1.165) is 10.0 Å². The molecule has 0 atom stereocenters. The molecule has 0 spiro atoms. The van der Waals surface area contributed by atoms with E-state index in [2.05, 4.69) is 15.9 Å². The lowest BCUT2D eigenvalue weighted by Gasteiger charge is -2.05. The zero-order valence-corrected chi connectivity index (χ0v) is 9.32. The molecule has 0 fully saturated rings. The first-order valence-corrected chi connectivity index (χ1v) is 4.84. The minimum atomic E-state index is -0.876. The molecule has 0 aliphatic heterocycles. The fourth-order valence-corrected chi connectivity index (χ4v) is 1.88. The number of halogens is 2. The summed E-state index contributed by atoms with van der Waals surface area (Å²) < 4.78 is 0.852. The third-order valence-corrected chi connectivity index (χ3v) is 2.63. The van der Waals surface area contributed by atoms with Crippen LogP contribution in [0.1, 0.15) is 11.1 Å². The SMILES string of the molecule is Cc1cc(Br)cc(CC(=O)O)c1Cl. The third kappa shape index (κ3) is 2.71. The van der Waals surface area contributed by atoms with Gasteiger partial charge in [-0.1, -0.05) is 27.5 Å². The molecule has 0 aliphatic carbocycles. The number of hydrogen-bond donors (Lipinski definition) is 1. The number of hydrogen-bond acceptors (Lipinski definition) is 1. The van der Waals surface area contributed by atoms with Gasteiger partial charge in [0.25, 0.3) is 0 Å². The van der Waals surface area contributed by atoms with Crippen LogP contribution in [-0.4, -0.2) is 11.1 Å². The molecule has 1 N–H and O–H groups in total. The van der Waals surface area contributed by atoms with Crippen LogP contribution in [0.25, 0.3) is 0 Å². The van der Waals surface area contributed by atoms with Crippen molar-refractivity contribution in [1.82, 2.24) is 0 Å². The molecule has 70 valence electrons. The van der Waals surface area contributed by atoms with Gasteiger partial charge in [-0.25, -0.2) is 0 Å². The summed E-state index contributed by atoms with van der Waals surface area (Å²) in [5.74, 6) is -0.876. The van der Waals surface area contributed by atoms with E-state index in [-0.39, 0.29) is 6.42 Å². The summed E-state index contributed by atoms with van der Waals surface area (Å²) in [7, 11) is 0. The summed E-state index contributed by atoms with van der Waals surface area (Å²) in [5, 5.41) is 9.13. The van der Waals surface area contributed by atoms with Gasteiger partial charge in [-0.2, -0.15) is 0 Å². The van der Waals surface area contributed by atoms with Gasteiger partial charge in [0.15, 0.2) is 0 Å². The van der Waals surface area contributed by atoms with E-state index < -0.39 is 5.97 Å². The Hall–Kier alpha value is -0.540. The Bertz CT molecular complexity index is 350. The molecular formula is C9H8BrClO2. The fourth-order valence-electron chi connectivity index (χ4n) is 1.09. The summed E-state index contributed by atoms with van der Waals surface area (Å²) in [5.41, 5.74) is 1.52. The lowest BCUT2D eigenvalue weighted by atomic mass is 10.1. The molecule has 0 aliphatic rings. The van der Waals surface area contributed by atoms with Gasteiger partial charge in [-0.05, 0) is 30.2 Å². The topological polar surface area (TPSA) is 37.3 Å². The number of carboxylic acids is 1. The molecule has 0 aromatic heterocycles. The average Bonchev–Trinajstić information content (AvgIpc) is 1.98. The van der Waals surface area contributed by atoms with E-state index in [9.17, 15) is 4.79 Å². The van der Waals surface area contributed by atoms with Gasteiger partial charge in [-0.3, -0.25) is 4.79 Å². The number of benzene rings is 1. The minimum absolute atomic E-state index is 0.0425. The summed E-state index contributed by atoms with van der Waals surface area (Å²) in [6, 6.07) is 3.58. The van der Waals surface area contributed by atoms with Crippen molar-refractivity contribution in [3.8, 4) is 0 Å². The molecule has 1 aromatic carbocycles. The van der Waals surface area contributed by atoms with Crippen LogP contribution in [0.2, 0.25) is 5.02 Å². The van der Waals surface area contributed by atoms with E-state index in [1.165, 1.54) is 0 Å². The largest absolute Gasteiger partial charge is 0.481 e. The van der Waals surface area contributed by atoms with E-state index in [4.69, 9.17) is 16.7 Å². The Labute approximate surface area is 89.7 Å². The van der Waals surface area contributed by atoms with Crippen LogP contribution >= 0.6 is 27.5 Å². The number of rotatable bonds is 2. The summed E-state index contributed by atoms with van der Waals surface area (Å²) in [6.07, 6.45) is -0.0425. The fraction of sp³-hybridized carbons (Fsp3) is 0.222. The van der Waals surface area contributed by atoms with Crippen molar-refractivity contribution < 1.29 is 9.90 Å². The summed E-state index contributed by atoms with van der Waals surface area (Å²) >= 11 is 9.21. The van der Waals surface area contributed by atoms with E-state index in [0.29, 0.717) is 10.6 Å². The highest BCUT2D eigenvalue weighted by Crippen LogP contribution is 2.25. The first-order chi connectivity index (χ1) is 6.00. The van der Waals surface area contributed by atoms with Crippen molar-refractivity contribution in [3.05, 3.63) is 32.8 Å². The second kappa shape index (κ2) is 4.11. The van der Waals surface area contributed by atoms with Crippen molar-refractivity contribution in [2.75, 3.05) is 0 Å². The quantitative estimate of drug-likeness (QED) is 0.890. The molecule has 0 amide bonds. The van der Waals surface area contributed by atoms with E-state index in [1.807, 2.05) is 13.0 Å². The van der Waals surface area contributed by atoms with Crippen LogP contribution in [0.15, 0.2) is 16.6 Å². The lowest BCUT2D eigenvalue weighted by Crippen LogP contribution is -2.01. The van der Waals surface area contributed by atoms with Crippen LogP contribution in [0.3, 0.4) is 0 Å². The Morgan fingerprint density at radius 3 is 2.77 bits per heavy atom. The van der Waals surface area contributed by atoms with Crippen molar-refractivity contribution >= 4 is 33.5 Å². The zero-order valence-electron chi connectivity index (χ0n) is 6.97. The van der Waals surface area contributed by atoms with Crippen LogP contribution in [-0.2, 0) is 11.2 Å². The number of aryl methyl sites for hydroxylation is 1. The molecule has 0 radical (unpaired) electrons. The smallest absolute Gasteiger partial charge is 0.307 e. The second-order valence-corrected chi connectivity index (χ2v) is 4.06. The van der Waals surface area contributed by atoms with Gasteiger partial charge in [-0.15, -0.1) is 0 Å². The number of carboxylic acid groups (broad SMARTS) is 1. The molecule has 1 rings (SSSR count). The molecule has 0 saturated heterocycles. The predicted octanol–water partition coefficient (Wildman–Crippen LogP) is 3.04. The standard InChI is InChI=1S/C9H8BrClO2/c1-5-2-7(10)3-6(9(5)11)4-8(12)13/h2-3H,4H2,1H3,(H,12,13). The molecule has 0 saturated carbocycles. The normalized spacial score (nSPS) is 10.1. The van der Waals surface area contributed by atoms with Crippen LogP contribution in [0.4, 0.5) is 0 Å². The third-order valence-electron chi connectivity index (χ3n) is 1.64. The molecule has 0 heterocycles. The highest BCUT2D eigenvalue weighted by atomic mass is 79.9. The van der Waals surface area contributed by atoms with Crippen LogP contribution in [0, 0.1) is 6.92 Å². The molecule has 1 aromatic rings. The van der Waals surface area contributed by atoms with Gasteiger partial charge in [0, 0.05) is 9.50 Å². The Morgan fingerprint density at radius 2 is 2.23 bits per heavy atom. The van der Waals surface area contributed by atoms with E-state index >= 15 is 0 Å². The summed E-state index contributed by atoms with van der Waals surface area (Å²) in [6.45, 7) is 1.85. The maximum atomic E-state index is 10.5. The van der Waals surface area contributed by atoms with Crippen molar-refractivity contribution in [3.63, 3.8) is 0 Å². The number of carbonyl (C=O) groups is 1. The van der Waals surface area contributed by atoms with Gasteiger partial charge in [0.2, 0.25) is 0 Å². The molecule has 13 heavy (non-hydrogen) atoms. The molecule has 2 nitrogen and oxygen atoms in total. The van der Waals surface area contributed by atoms with Gasteiger partial charge >= 0.3 is 5.97 Å². The van der Waals surface area contributed by atoms with Gasteiger partial charge < -0.3 is 5.11 Å². The maximum absolute atomic E-state index is 10.5. The van der Waals surface area contributed by atoms with Gasteiger partial charge in [0.05, 0.1) is 6.42 Å². The number of aliphatic carboxylic acids is 1. The molecule has 0 unspecified atom stereocenters. The highest BCUT2D eigenvalue weighted by Gasteiger charge is 2.08. The van der Waals surface area contributed by atoms with Crippen molar-refractivity contribution in [2.24, 2.45) is 0 Å². The Morgan fingerprint density at radius 1 is 1.62 bits per heavy atom. The minimum Gasteiger partial charge on any atom is -0.481 e. The summed E-state index contributed by atoms with van der Waals surface area (Å²) in [4.78, 5) is 10.5. The van der Waals surface area contributed by atoms with Gasteiger partial charge in [0.1, 0.15) is 0 Å². The molecular weight excluding hydrogens is 255 g/mol. The predicted molar refractivity (Wildman–Crippen MR) is 55.2 cm³/mol. The lowest BCUT2D eigenvalue weighted by molar-refractivity contribution is -0.136. The Kier molecular flexibility index (Phi) is 3.33. The molecule has 0 bridgehead atoms. The zero-order chi connectivity index (χ0) is 10.0. The molecule has 4 heteroatoms.